The van der Waals surface area contributed by atoms with Gasteiger partial charge in [0.1, 0.15) is 0 Å². The fourth-order valence-electron chi connectivity index (χ4n) is 1.03. The Balaban J connectivity index is 2.86. The standard InChI is InChI=1S/C9H13NO2/c10-5-9(12)8-3-1-2-7(4-8)6-11/h1-4,9,11-12H,5-6,10H2. The molecule has 0 amide bonds. The smallest absolute Gasteiger partial charge is 0.0912 e. The van der Waals surface area contributed by atoms with Crippen molar-refractivity contribution in [3.8, 4) is 0 Å². The predicted octanol–water partition coefficient (Wildman–Crippen LogP) is 0.171. The number of rotatable bonds is 3. The summed E-state index contributed by atoms with van der Waals surface area (Å²) in [6.07, 6.45) is -0.628. The second kappa shape index (κ2) is 4.21. The van der Waals surface area contributed by atoms with Crippen molar-refractivity contribution in [3.05, 3.63) is 35.4 Å². The molecule has 1 aromatic carbocycles. The molecule has 3 nitrogen and oxygen atoms in total. The van der Waals surface area contributed by atoms with Crippen molar-refractivity contribution in [1.82, 2.24) is 0 Å². The highest BCUT2D eigenvalue weighted by Crippen LogP contribution is 2.12. The van der Waals surface area contributed by atoms with E-state index in [2.05, 4.69) is 0 Å². The van der Waals surface area contributed by atoms with Gasteiger partial charge in [-0.3, -0.25) is 0 Å². The average molecular weight is 167 g/mol. The predicted molar refractivity (Wildman–Crippen MR) is 46.4 cm³/mol. The number of aliphatic hydroxyl groups excluding tert-OH is 2. The van der Waals surface area contributed by atoms with Crippen LogP contribution in [-0.4, -0.2) is 16.8 Å². The van der Waals surface area contributed by atoms with Gasteiger partial charge < -0.3 is 15.9 Å². The van der Waals surface area contributed by atoms with E-state index in [1.54, 1.807) is 24.3 Å². The highest BCUT2D eigenvalue weighted by Gasteiger charge is 2.04. The zero-order valence-corrected chi connectivity index (χ0v) is 6.77. The molecule has 0 heterocycles. The van der Waals surface area contributed by atoms with Gasteiger partial charge in [0.05, 0.1) is 12.7 Å². The second-order valence-corrected chi connectivity index (χ2v) is 2.65. The van der Waals surface area contributed by atoms with Crippen LogP contribution in [0.25, 0.3) is 0 Å². The van der Waals surface area contributed by atoms with Gasteiger partial charge in [0.2, 0.25) is 0 Å². The van der Waals surface area contributed by atoms with Crippen molar-refractivity contribution in [2.75, 3.05) is 6.54 Å². The Morgan fingerprint density at radius 1 is 1.42 bits per heavy atom. The summed E-state index contributed by atoms with van der Waals surface area (Å²) in [5, 5.41) is 18.1. The second-order valence-electron chi connectivity index (χ2n) is 2.65. The molecular weight excluding hydrogens is 154 g/mol. The van der Waals surface area contributed by atoms with E-state index in [1.807, 2.05) is 0 Å². The van der Waals surface area contributed by atoms with Crippen LogP contribution in [0.4, 0.5) is 0 Å². The zero-order valence-electron chi connectivity index (χ0n) is 6.77. The number of hydrogen-bond acceptors (Lipinski definition) is 3. The van der Waals surface area contributed by atoms with Gasteiger partial charge in [-0.1, -0.05) is 24.3 Å². The van der Waals surface area contributed by atoms with Crippen LogP contribution in [-0.2, 0) is 6.61 Å². The molecule has 0 spiro atoms. The lowest BCUT2D eigenvalue weighted by molar-refractivity contribution is 0.186. The molecule has 1 atom stereocenters. The van der Waals surface area contributed by atoms with Crippen molar-refractivity contribution < 1.29 is 10.2 Å². The Morgan fingerprint density at radius 3 is 2.75 bits per heavy atom. The van der Waals surface area contributed by atoms with E-state index in [0.717, 1.165) is 11.1 Å². The summed E-state index contributed by atoms with van der Waals surface area (Å²) >= 11 is 0. The van der Waals surface area contributed by atoms with Crippen molar-refractivity contribution in [2.24, 2.45) is 5.73 Å². The van der Waals surface area contributed by atoms with Gasteiger partial charge >= 0.3 is 0 Å². The fourth-order valence-corrected chi connectivity index (χ4v) is 1.03. The summed E-state index contributed by atoms with van der Waals surface area (Å²) in [6.45, 7) is 0.194. The van der Waals surface area contributed by atoms with Crippen molar-refractivity contribution in [3.63, 3.8) is 0 Å². The minimum Gasteiger partial charge on any atom is -0.392 e. The summed E-state index contributed by atoms with van der Waals surface area (Å²) in [6, 6.07) is 7.13. The molecule has 3 heteroatoms. The van der Waals surface area contributed by atoms with E-state index < -0.39 is 6.10 Å². The van der Waals surface area contributed by atoms with Crippen LogP contribution in [0.3, 0.4) is 0 Å². The molecule has 0 aliphatic rings. The largest absolute Gasteiger partial charge is 0.392 e. The van der Waals surface area contributed by atoms with Crippen LogP contribution in [0.2, 0.25) is 0 Å². The Hall–Kier alpha value is -0.900. The molecule has 0 bridgehead atoms. The lowest BCUT2D eigenvalue weighted by atomic mass is 10.1. The Bertz CT molecular complexity index is 250. The first kappa shape index (κ1) is 9.19. The SMILES string of the molecule is NCC(O)c1cccc(CO)c1. The van der Waals surface area contributed by atoms with E-state index in [4.69, 9.17) is 10.8 Å². The first-order chi connectivity index (χ1) is 5.77. The van der Waals surface area contributed by atoms with E-state index in [0.29, 0.717) is 0 Å². The maximum Gasteiger partial charge on any atom is 0.0912 e. The summed E-state index contributed by atoms with van der Waals surface area (Å²) in [5.74, 6) is 0. The molecule has 0 saturated heterocycles. The first-order valence-electron chi connectivity index (χ1n) is 3.85. The Morgan fingerprint density at radius 2 is 2.17 bits per heavy atom. The van der Waals surface area contributed by atoms with E-state index in [1.165, 1.54) is 0 Å². The molecule has 12 heavy (non-hydrogen) atoms. The number of aliphatic hydroxyl groups is 2. The monoisotopic (exact) mass is 167 g/mol. The molecule has 0 aromatic heterocycles. The maximum atomic E-state index is 9.34. The average Bonchev–Trinajstić information content (AvgIpc) is 2.17. The molecule has 0 radical (unpaired) electrons. The number of benzene rings is 1. The highest BCUT2D eigenvalue weighted by atomic mass is 16.3. The van der Waals surface area contributed by atoms with Crippen molar-refractivity contribution >= 4 is 0 Å². The van der Waals surface area contributed by atoms with Crippen molar-refractivity contribution in [2.45, 2.75) is 12.7 Å². The highest BCUT2D eigenvalue weighted by molar-refractivity contribution is 5.24. The first-order valence-corrected chi connectivity index (χ1v) is 3.85. The van der Waals surface area contributed by atoms with E-state index in [-0.39, 0.29) is 13.2 Å². The van der Waals surface area contributed by atoms with Crippen LogP contribution in [0.1, 0.15) is 17.2 Å². The van der Waals surface area contributed by atoms with Gasteiger partial charge in [-0.15, -0.1) is 0 Å². The molecule has 0 aliphatic heterocycles. The minimum absolute atomic E-state index is 0.00880. The normalized spacial score (nSPS) is 12.9. The molecule has 1 rings (SSSR count). The van der Waals surface area contributed by atoms with Gasteiger partial charge in [0, 0.05) is 6.54 Å². The molecular formula is C9H13NO2. The topological polar surface area (TPSA) is 66.5 Å². The van der Waals surface area contributed by atoms with Gasteiger partial charge in [-0.25, -0.2) is 0 Å². The Labute approximate surface area is 71.5 Å². The maximum absolute atomic E-state index is 9.34. The minimum atomic E-state index is -0.628. The van der Waals surface area contributed by atoms with Crippen LogP contribution < -0.4 is 5.73 Å². The van der Waals surface area contributed by atoms with Gasteiger partial charge in [0.25, 0.3) is 0 Å². The van der Waals surface area contributed by atoms with Gasteiger partial charge in [-0.05, 0) is 11.1 Å². The molecule has 1 aromatic rings. The summed E-state index contributed by atoms with van der Waals surface area (Å²) in [5.41, 5.74) is 6.83. The lowest BCUT2D eigenvalue weighted by Crippen LogP contribution is -2.11. The molecule has 0 saturated carbocycles. The third-order valence-electron chi connectivity index (χ3n) is 1.74. The van der Waals surface area contributed by atoms with E-state index >= 15 is 0 Å². The molecule has 4 N–H and O–H groups in total. The van der Waals surface area contributed by atoms with Crippen molar-refractivity contribution in [1.29, 1.82) is 0 Å². The third kappa shape index (κ3) is 2.04. The zero-order chi connectivity index (χ0) is 8.97. The molecule has 66 valence electrons. The summed E-state index contributed by atoms with van der Waals surface area (Å²) < 4.78 is 0. The fraction of sp³-hybridized carbons (Fsp3) is 0.333. The van der Waals surface area contributed by atoms with E-state index in [9.17, 15) is 5.11 Å². The molecule has 0 fully saturated rings. The van der Waals surface area contributed by atoms with Crippen LogP contribution in [0, 0.1) is 0 Å². The third-order valence-corrected chi connectivity index (χ3v) is 1.74. The quantitative estimate of drug-likeness (QED) is 0.601. The summed E-state index contributed by atoms with van der Waals surface area (Å²) in [7, 11) is 0. The van der Waals surface area contributed by atoms with Crippen LogP contribution in [0.5, 0.6) is 0 Å². The number of nitrogens with two attached hydrogens (primary N) is 1. The number of hydrogen-bond donors (Lipinski definition) is 3. The van der Waals surface area contributed by atoms with Gasteiger partial charge in [-0.2, -0.15) is 0 Å². The van der Waals surface area contributed by atoms with Crippen LogP contribution in [0.15, 0.2) is 24.3 Å². The Kier molecular flexibility index (Phi) is 3.22. The van der Waals surface area contributed by atoms with Crippen LogP contribution >= 0.6 is 0 Å². The summed E-state index contributed by atoms with van der Waals surface area (Å²) in [4.78, 5) is 0. The molecule has 1 unspecified atom stereocenters. The van der Waals surface area contributed by atoms with Gasteiger partial charge in [0.15, 0.2) is 0 Å². The molecule has 0 aliphatic carbocycles. The lowest BCUT2D eigenvalue weighted by Gasteiger charge is -2.08.